The van der Waals surface area contributed by atoms with Crippen molar-refractivity contribution >= 4 is 28.4 Å². The molecule has 7 nitrogen and oxygen atoms in total. The number of fused-ring (bicyclic) bond motifs is 2. The molecule has 0 radical (unpaired) electrons. The summed E-state index contributed by atoms with van der Waals surface area (Å²) in [6.07, 6.45) is 3.81. The minimum Gasteiger partial charge on any atom is -0.497 e. The molecule has 0 saturated carbocycles. The molecule has 3 amide bonds. The summed E-state index contributed by atoms with van der Waals surface area (Å²) in [5.41, 5.74) is 2.13. The summed E-state index contributed by atoms with van der Waals surface area (Å²) in [4.78, 5) is 31.8. The number of benzene rings is 2. The summed E-state index contributed by atoms with van der Waals surface area (Å²) < 4.78 is 7.18. The largest absolute Gasteiger partial charge is 0.497 e. The van der Waals surface area contributed by atoms with Crippen LogP contribution in [0.25, 0.3) is 16.4 Å². The van der Waals surface area contributed by atoms with Crippen LogP contribution >= 0.6 is 0 Å². The Balaban J connectivity index is 1.46. The van der Waals surface area contributed by atoms with Gasteiger partial charge in [-0.15, -0.1) is 0 Å². The Kier molecular flexibility index (Phi) is 4.22. The molecule has 31 heavy (non-hydrogen) atoms. The van der Waals surface area contributed by atoms with Crippen LogP contribution in [0.4, 0.5) is 4.79 Å². The Morgan fingerprint density at radius 1 is 1.03 bits per heavy atom. The monoisotopic (exact) mass is 414 g/mol. The Bertz CT molecular complexity index is 1360. The van der Waals surface area contributed by atoms with E-state index in [9.17, 15) is 9.59 Å². The Hall–Kier alpha value is -3.87. The summed E-state index contributed by atoms with van der Waals surface area (Å²) in [6.45, 7) is 3.86. The molecule has 0 aliphatic carbocycles. The number of nitrogens with one attached hydrogen (secondary N) is 1. The number of aromatic nitrogens is 2. The molecule has 156 valence electrons. The zero-order valence-corrected chi connectivity index (χ0v) is 17.5. The number of imidazole rings is 1. The standard InChI is InChI=1S/C24H22N4O3/c1-15-4-9-21-25-19(13-27(21)12-15)14-28-22(29)24(2,26-23(28)30)18-7-5-17-11-20(31-3)8-6-16(17)10-18/h4-13H,14H2,1-3H3,(H,26,30)/t24-/m0/s1. The van der Waals surface area contributed by atoms with Gasteiger partial charge in [-0.05, 0) is 60.0 Å². The van der Waals surface area contributed by atoms with Crippen molar-refractivity contribution in [2.75, 3.05) is 7.11 Å². The number of hydrogen-bond acceptors (Lipinski definition) is 4. The number of pyridine rings is 1. The van der Waals surface area contributed by atoms with E-state index in [-0.39, 0.29) is 12.5 Å². The smallest absolute Gasteiger partial charge is 0.325 e. The zero-order valence-electron chi connectivity index (χ0n) is 17.5. The first kappa shape index (κ1) is 19.1. The number of aryl methyl sites for hydroxylation is 1. The third-order valence-corrected chi connectivity index (χ3v) is 5.87. The fourth-order valence-electron chi connectivity index (χ4n) is 4.09. The Morgan fingerprint density at radius 2 is 1.81 bits per heavy atom. The number of methoxy groups -OCH3 is 1. The lowest BCUT2D eigenvalue weighted by Crippen LogP contribution is -2.40. The summed E-state index contributed by atoms with van der Waals surface area (Å²) in [7, 11) is 1.63. The Labute approximate surface area is 179 Å². The number of imide groups is 1. The molecule has 2 aromatic carbocycles. The van der Waals surface area contributed by atoms with Crippen molar-refractivity contribution in [1.82, 2.24) is 19.6 Å². The van der Waals surface area contributed by atoms with Gasteiger partial charge in [-0.1, -0.05) is 24.3 Å². The molecule has 5 rings (SSSR count). The number of carbonyl (C=O) groups is 2. The molecule has 4 aromatic rings. The average molecular weight is 414 g/mol. The number of urea groups is 1. The zero-order chi connectivity index (χ0) is 21.8. The van der Waals surface area contributed by atoms with Gasteiger partial charge in [0.05, 0.1) is 19.3 Å². The van der Waals surface area contributed by atoms with Crippen LogP contribution in [0, 0.1) is 6.92 Å². The van der Waals surface area contributed by atoms with E-state index in [1.807, 2.05) is 72.2 Å². The second-order valence-electron chi connectivity index (χ2n) is 8.08. The molecule has 0 unspecified atom stereocenters. The van der Waals surface area contributed by atoms with Crippen molar-refractivity contribution in [3.05, 3.63) is 77.7 Å². The van der Waals surface area contributed by atoms with Gasteiger partial charge in [0.2, 0.25) is 0 Å². The predicted octanol–water partition coefficient (Wildman–Crippen LogP) is 3.77. The van der Waals surface area contributed by atoms with Crippen molar-refractivity contribution in [1.29, 1.82) is 0 Å². The quantitative estimate of drug-likeness (QED) is 0.516. The number of carbonyl (C=O) groups excluding carboxylic acids is 2. The van der Waals surface area contributed by atoms with Gasteiger partial charge in [-0.25, -0.2) is 9.78 Å². The third kappa shape index (κ3) is 3.09. The molecule has 1 atom stereocenters. The summed E-state index contributed by atoms with van der Waals surface area (Å²) in [6, 6.07) is 15.0. The minimum absolute atomic E-state index is 0.117. The second kappa shape index (κ2) is 6.84. The SMILES string of the molecule is COc1ccc2cc([C@]3(C)NC(=O)N(Cc4cn5cc(C)ccc5n4)C3=O)ccc2c1. The number of amides is 3. The van der Waals surface area contributed by atoms with E-state index in [0.29, 0.717) is 5.69 Å². The highest BCUT2D eigenvalue weighted by atomic mass is 16.5. The van der Waals surface area contributed by atoms with Crippen LogP contribution in [0.2, 0.25) is 0 Å². The van der Waals surface area contributed by atoms with E-state index >= 15 is 0 Å². The van der Waals surface area contributed by atoms with Crippen molar-refractivity contribution in [3.8, 4) is 5.75 Å². The van der Waals surface area contributed by atoms with Crippen LogP contribution in [-0.4, -0.2) is 33.3 Å². The van der Waals surface area contributed by atoms with E-state index in [1.54, 1.807) is 14.0 Å². The number of nitrogens with zero attached hydrogens (tertiary/aromatic N) is 3. The molecule has 1 aliphatic rings. The van der Waals surface area contributed by atoms with E-state index in [0.717, 1.165) is 33.3 Å². The number of hydrogen-bond donors (Lipinski definition) is 1. The molecule has 2 aromatic heterocycles. The van der Waals surface area contributed by atoms with Gasteiger partial charge in [0.25, 0.3) is 5.91 Å². The number of rotatable bonds is 4. The molecule has 0 spiro atoms. The van der Waals surface area contributed by atoms with Crippen LogP contribution in [0.1, 0.15) is 23.7 Å². The van der Waals surface area contributed by atoms with Gasteiger partial charge in [0, 0.05) is 12.4 Å². The lowest BCUT2D eigenvalue weighted by molar-refractivity contribution is -0.131. The van der Waals surface area contributed by atoms with Gasteiger partial charge in [0.15, 0.2) is 0 Å². The van der Waals surface area contributed by atoms with Gasteiger partial charge in [-0.3, -0.25) is 9.69 Å². The van der Waals surface area contributed by atoms with E-state index in [1.165, 1.54) is 4.90 Å². The predicted molar refractivity (Wildman–Crippen MR) is 117 cm³/mol. The van der Waals surface area contributed by atoms with Gasteiger partial charge >= 0.3 is 6.03 Å². The second-order valence-corrected chi connectivity index (χ2v) is 8.08. The topological polar surface area (TPSA) is 75.9 Å². The minimum atomic E-state index is -1.14. The first-order valence-electron chi connectivity index (χ1n) is 10.0. The molecule has 7 heteroatoms. The summed E-state index contributed by atoms with van der Waals surface area (Å²) in [5, 5.41) is 4.84. The van der Waals surface area contributed by atoms with Crippen LogP contribution < -0.4 is 10.1 Å². The first-order valence-corrected chi connectivity index (χ1v) is 10.0. The maximum absolute atomic E-state index is 13.3. The van der Waals surface area contributed by atoms with Crippen LogP contribution in [0.15, 0.2) is 60.9 Å². The van der Waals surface area contributed by atoms with Crippen molar-refractivity contribution in [2.24, 2.45) is 0 Å². The van der Waals surface area contributed by atoms with E-state index in [2.05, 4.69) is 10.3 Å². The summed E-state index contributed by atoms with van der Waals surface area (Å²) in [5.74, 6) is 0.476. The Morgan fingerprint density at radius 3 is 2.61 bits per heavy atom. The third-order valence-electron chi connectivity index (χ3n) is 5.87. The van der Waals surface area contributed by atoms with Gasteiger partial charge < -0.3 is 14.5 Å². The fraction of sp³-hybridized carbons (Fsp3) is 0.208. The fourth-order valence-corrected chi connectivity index (χ4v) is 4.09. The van der Waals surface area contributed by atoms with Crippen LogP contribution in [-0.2, 0) is 16.9 Å². The molecule has 3 heterocycles. The molecule has 1 N–H and O–H groups in total. The van der Waals surface area contributed by atoms with Crippen molar-refractivity contribution in [2.45, 2.75) is 25.9 Å². The highest BCUT2D eigenvalue weighted by molar-refractivity contribution is 6.07. The maximum atomic E-state index is 13.3. The van der Waals surface area contributed by atoms with E-state index < -0.39 is 11.6 Å². The lowest BCUT2D eigenvalue weighted by Gasteiger charge is -2.22. The molecule has 0 bridgehead atoms. The highest BCUT2D eigenvalue weighted by Gasteiger charge is 2.49. The average Bonchev–Trinajstić information content (AvgIpc) is 3.26. The molecule has 1 aliphatic heterocycles. The molecule has 1 fully saturated rings. The highest BCUT2D eigenvalue weighted by Crippen LogP contribution is 2.32. The van der Waals surface area contributed by atoms with Crippen LogP contribution in [0.3, 0.4) is 0 Å². The van der Waals surface area contributed by atoms with Gasteiger partial charge in [0.1, 0.15) is 16.9 Å². The molecular formula is C24H22N4O3. The molecular weight excluding hydrogens is 392 g/mol. The normalized spacial score (nSPS) is 18.7. The van der Waals surface area contributed by atoms with Crippen molar-refractivity contribution in [3.63, 3.8) is 0 Å². The number of ether oxygens (including phenoxy) is 1. The summed E-state index contributed by atoms with van der Waals surface area (Å²) >= 11 is 0. The lowest BCUT2D eigenvalue weighted by atomic mass is 9.90. The van der Waals surface area contributed by atoms with Gasteiger partial charge in [-0.2, -0.15) is 0 Å². The maximum Gasteiger partial charge on any atom is 0.325 e. The first-order chi connectivity index (χ1) is 14.9. The van der Waals surface area contributed by atoms with E-state index in [4.69, 9.17) is 4.74 Å². The molecule has 1 saturated heterocycles. The van der Waals surface area contributed by atoms with Crippen molar-refractivity contribution < 1.29 is 14.3 Å². The van der Waals surface area contributed by atoms with Crippen LogP contribution in [0.5, 0.6) is 5.75 Å².